The molecule has 0 N–H and O–H groups in total. The maximum absolute atomic E-state index is 3.51. The number of rotatable bonds is 10. The summed E-state index contributed by atoms with van der Waals surface area (Å²) in [6.07, 6.45) is 7.85. The quantitative estimate of drug-likeness (QED) is 0.389. The Morgan fingerprint density at radius 3 is 1.89 bits per heavy atom. The smallest absolute Gasteiger partial charge is 0.187 e. The van der Waals surface area contributed by atoms with Crippen LogP contribution >= 0.6 is 0 Å². The number of nitrogens with zero attached hydrogens (tertiary/aromatic N) is 2. The lowest BCUT2D eigenvalue weighted by molar-refractivity contribution is 0.257. The molecule has 27 heavy (non-hydrogen) atoms. The highest BCUT2D eigenvalue weighted by Gasteiger charge is 2.19. The van der Waals surface area contributed by atoms with Gasteiger partial charge in [0.25, 0.3) is 0 Å². The fourth-order valence-corrected chi connectivity index (χ4v) is 3.43. The Bertz CT molecular complexity index is 696. The van der Waals surface area contributed by atoms with Crippen molar-refractivity contribution in [3.63, 3.8) is 0 Å². The van der Waals surface area contributed by atoms with E-state index in [4.69, 9.17) is 0 Å². The zero-order valence-corrected chi connectivity index (χ0v) is 17.2. The molecule has 142 valence electrons. The second-order valence-corrected chi connectivity index (χ2v) is 6.48. The van der Waals surface area contributed by atoms with E-state index in [9.17, 15) is 0 Å². The first-order valence-electron chi connectivity index (χ1n) is 10.1. The molecule has 0 spiro atoms. The topological polar surface area (TPSA) is 6.48 Å². The fraction of sp³-hybridized carbons (Fsp3) is 0.360. The first kappa shape index (κ1) is 20.9. The van der Waals surface area contributed by atoms with Gasteiger partial charge in [0.1, 0.15) is 0 Å². The van der Waals surface area contributed by atoms with Crippen LogP contribution in [0.4, 0.5) is 0 Å². The van der Waals surface area contributed by atoms with E-state index in [2.05, 4.69) is 116 Å². The minimum atomic E-state index is 0.242. The summed E-state index contributed by atoms with van der Waals surface area (Å²) in [5.41, 5.74) is 3.77. The molecule has 0 fully saturated rings. The average Bonchev–Trinajstić information content (AvgIpc) is 2.74. The highest BCUT2D eigenvalue weighted by molar-refractivity contribution is 5.65. The average molecular weight is 362 g/mol. The minimum absolute atomic E-state index is 0.242. The van der Waals surface area contributed by atoms with Gasteiger partial charge in [-0.25, -0.2) is 0 Å². The Morgan fingerprint density at radius 1 is 0.815 bits per heavy atom. The van der Waals surface area contributed by atoms with Gasteiger partial charge in [-0.3, -0.25) is 9.80 Å². The highest BCUT2D eigenvalue weighted by atomic mass is 15.1. The molecular formula is C25H33N2+. The van der Waals surface area contributed by atoms with Crippen LogP contribution < -0.4 is 0 Å². The van der Waals surface area contributed by atoms with Gasteiger partial charge in [0, 0.05) is 13.1 Å². The molecule has 0 heterocycles. The van der Waals surface area contributed by atoms with E-state index in [0.717, 1.165) is 26.2 Å². The largest absolute Gasteiger partial charge is 0.297 e. The molecule has 2 aromatic rings. The molecule has 0 aliphatic heterocycles. The zero-order chi connectivity index (χ0) is 19.5. The highest BCUT2D eigenvalue weighted by Crippen LogP contribution is 2.23. The van der Waals surface area contributed by atoms with Crippen molar-refractivity contribution in [3.8, 4) is 0 Å². The van der Waals surface area contributed by atoms with E-state index in [-0.39, 0.29) is 6.04 Å². The van der Waals surface area contributed by atoms with Crippen LogP contribution in [0.2, 0.25) is 0 Å². The third-order valence-corrected chi connectivity index (χ3v) is 4.99. The second kappa shape index (κ2) is 11.3. The van der Waals surface area contributed by atoms with Crippen molar-refractivity contribution in [2.45, 2.75) is 33.7 Å². The summed E-state index contributed by atoms with van der Waals surface area (Å²) in [6, 6.07) is 21.5. The van der Waals surface area contributed by atoms with Crippen LogP contribution in [-0.4, -0.2) is 36.0 Å². The summed E-state index contributed by atoms with van der Waals surface area (Å²) >= 11 is 0. The lowest BCUT2D eigenvalue weighted by Gasteiger charge is -2.25. The maximum atomic E-state index is 3.51. The first-order chi connectivity index (χ1) is 13.2. The molecule has 0 amide bonds. The molecule has 2 aromatic carbocycles. The standard InChI is InChI=1S/C25H33N2/c1-5-26(6-2)24(22-16-11-9-12-17-22)20-15-21-25(27(7-3)8-4)23-18-13-10-14-19-23/h9-14,16-21,24H,5-8H2,1-4H3/q+1/b25-21-. The predicted molar refractivity (Wildman–Crippen MR) is 117 cm³/mol. The third-order valence-electron chi connectivity index (χ3n) is 4.99. The van der Waals surface area contributed by atoms with Crippen molar-refractivity contribution < 1.29 is 0 Å². The van der Waals surface area contributed by atoms with Gasteiger partial charge in [-0.2, -0.15) is 0 Å². The molecule has 2 nitrogen and oxygen atoms in total. The van der Waals surface area contributed by atoms with Crippen LogP contribution in [0.25, 0.3) is 5.70 Å². The minimum Gasteiger partial charge on any atom is -0.297 e. The van der Waals surface area contributed by atoms with Gasteiger partial charge in [-0.1, -0.05) is 62.4 Å². The van der Waals surface area contributed by atoms with Crippen LogP contribution in [-0.2, 0) is 0 Å². The maximum Gasteiger partial charge on any atom is 0.187 e. The predicted octanol–water partition coefficient (Wildman–Crippen LogP) is 5.81. The number of benzene rings is 2. The summed E-state index contributed by atoms with van der Waals surface area (Å²) in [5.74, 6) is 0. The van der Waals surface area contributed by atoms with Crippen molar-refractivity contribution in [3.05, 3.63) is 90.0 Å². The van der Waals surface area contributed by atoms with Gasteiger partial charge < -0.3 is 0 Å². The summed E-state index contributed by atoms with van der Waals surface area (Å²) in [7, 11) is 0. The molecule has 1 atom stereocenters. The van der Waals surface area contributed by atoms with E-state index < -0.39 is 0 Å². The molecule has 0 aromatic heterocycles. The van der Waals surface area contributed by atoms with Gasteiger partial charge in [0.15, 0.2) is 11.8 Å². The summed E-state index contributed by atoms with van der Waals surface area (Å²) in [6.45, 7) is 12.8. The fourth-order valence-electron chi connectivity index (χ4n) is 3.43. The third kappa shape index (κ3) is 5.79. The van der Waals surface area contributed by atoms with E-state index >= 15 is 0 Å². The lowest BCUT2D eigenvalue weighted by atomic mass is 10.0. The number of hydrogen-bond donors (Lipinski definition) is 0. The molecule has 0 bridgehead atoms. The Labute approximate surface area is 165 Å². The van der Waals surface area contributed by atoms with Crippen molar-refractivity contribution >= 4 is 5.70 Å². The number of likely N-dealkylation sites (N-methyl/N-ethyl adjacent to an activating group) is 1. The molecule has 2 rings (SSSR count). The van der Waals surface area contributed by atoms with Crippen LogP contribution in [0.15, 0.2) is 72.8 Å². The second-order valence-electron chi connectivity index (χ2n) is 6.48. The number of hydrogen-bond acceptors (Lipinski definition) is 2. The zero-order valence-electron chi connectivity index (χ0n) is 17.2. The molecule has 1 unspecified atom stereocenters. The molecule has 0 aliphatic carbocycles. The molecule has 0 radical (unpaired) electrons. The molecule has 0 saturated heterocycles. The Morgan fingerprint density at radius 2 is 1.37 bits per heavy atom. The van der Waals surface area contributed by atoms with Crippen molar-refractivity contribution in [2.24, 2.45) is 0 Å². The van der Waals surface area contributed by atoms with Crippen LogP contribution in [0.5, 0.6) is 0 Å². The van der Waals surface area contributed by atoms with Gasteiger partial charge in [-0.15, -0.1) is 0 Å². The molecule has 0 saturated carbocycles. The molecular weight excluding hydrogens is 328 g/mol. The van der Waals surface area contributed by atoms with E-state index in [1.54, 1.807) is 0 Å². The van der Waals surface area contributed by atoms with Crippen molar-refractivity contribution in [1.29, 1.82) is 0 Å². The Kier molecular flexibility index (Phi) is 8.77. The van der Waals surface area contributed by atoms with E-state index in [1.165, 1.54) is 16.8 Å². The Balaban J connectivity index is 2.36. The van der Waals surface area contributed by atoms with Crippen LogP contribution in [0.1, 0.15) is 44.9 Å². The van der Waals surface area contributed by atoms with Gasteiger partial charge in [0.05, 0.1) is 23.8 Å². The van der Waals surface area contributed by atoms with Gasteiger partial charge >= 0.3 is 0 Å². The van der Waals surface area contributed by atoms with E-state index in [0.29, 0.717) is 0 Å². The normalized spacial score (nSPS) is 13.0. The Hall–Kier alpha value is -2.41. The molecule has 2 heteroatoms. The van der Waals surface area contributed by atoms with Gasteiger partial charge in [-0.05, 0) is 44.6 Å². The summed E-state index contributed by atoms with van der Waals surface area (Å²) in [4.78, 5) is 4.83. The monoisotopic (exact) mass is 361 g/mol. The summed E-state index contributed by atoms with van der Waals surface area (Å²) < 4.78 is 0. The van der Waals surface area contributed by atoms with Gasteiger partial charge in [0.2, 0.25) is 0 Å². The molecule has 0 aliphatic rings. The van der Waals surface area contributed by atoms with Crippen molar-refractivity contribution in [1.82, 2.24) is 9.80 Å². The SMILES string of the molecule is CCN(CC)/C(=C\[C+]=CC(c1ccccc1)N(CC)CC)c1ccccc1. The first-order valence-corrected chi connectivity index (χ1v) is 10.1. The number of allylic oxidation sites excluding steroid dienone is 2. The lowest BCUT2D eigenvalue weighted by Crippen LogP contribution is -2.27. The summed E-state index contributed by atoms with van der Waals surface area (Å²) in [5, 5.41) is 0. The van der Waals surface area contributed by atoms with Crippen molar-refractivity contribution in [2.75, 3.05) is 26.2 Å². The van der Waals surface area contributed by atoms with Crippen LogP contribution in [0, 0.1) is 6.08 Å². The van der Waals surface area contributed by atoms with Crippen LogP contribution in [0.3, 0.4) is 0 Å². The van der Waals surface area contributed by atoms with E-state index in [1.807, 2.05) is 0 Å².